The van der Waals surface area contributed by atoms with Crippen molar-refractivity contribution in [2.45, 2.75) is 6.18 Å². The molecule has 12 heteroatoms. The van der Waals surface area contributed by atoms with Gasteiger partial charge >= 0.3 is 12.1 Å². The van der Waals surface area contributed by atoms with Gasteiger partial charge in [0.2, 0.25) is 11.2 Å². The van der Waals surface area contributed by atoms with Gasteiger partial charge in [-0.05, 0) is 23.7 Å². The normalized spacial score (nSPS) is 11.4. The Kier molecular flexibility index (Phi) is 5.18. The average Bonchev–Trinajstić information content (AvgIpc) is 3.17. The number of ether oxygens (including phenoxy) is 2. The number of hydrogen-bond donors (Lipinski definition) is 0. The second-order valence-corrected chi connectivity index (χ2v) is 5.63. The number of pyridine rings is 1. The number of alkyl halides is 3. The third kappa shape index (κ3) is 3.74. The molecule has 0 amide bonds. The average molecular weight is 414 g/mol. The monoisotopic (exact) mass is 413 g/mol. The zero-order valence-electron chi connectivity index (χ0n) is 14.4. The number of aromatic nitrogens is 5. The third-order valence-electron chi connectivity index (χ3n) is 3.60. The highest BCUT2D eigenvalue weighted by Gasteiger charge is 2.34. The fourth-order valence-corrected chi connectivity index (χ4v) is 2.47. The predicted octanol–water partition coefficient (Wildman–Crippen LogP) is 3.19. The van der Waals surface area contributed by atoms with E-state index in [9.17, 15) is 18.0 Å². The van der Waals surface area contributed by atoms with Crippen LogP contribution in [0.2, 0.25) is 5.28 Å². The molecule has 8 nitrogen and oxygen atoms in total. The highest BCUT2D eigenvalue weighted by molar-refractivity contribution is 6.28. The summed E-state index contributed by atoms with van der Waals surface area (Å²) in [7, 11) is 2.52. The molecule has 0 radical (unpaired) electrons. The summed E-state index contributed by atoms with van der Waals surface area (Å²) in [5.74, 6) is -0.718. The van der Waals surface area contributed by atoms with Crippen LogP contribution in [0.1, 0.15) is 16.1 Å². The standard InChI is InChI=1S/C16H11ClF3N5O3/c1-27-13-9(14(26)28-2)5-8(6-21-13)10-7-22-15(17)23-12(10)25-4-3-11(24-25)16(18,19)20/h3-7H,1-2H3. The lowest BCUT2D eigenvalue weighted by atomic mass is 10.1. The summed E-state index contributed by atoms with van der Waals surface area (Å²) in [6.07, 6.45) is -0.912. The molecular formula is C16H11ClF3N5O3. The molecule has 3 heterocycles. The molecular weight excluding hydrogens is 403 g/mol. The van der Waals surface area contributed by atoms with Gasteiger partial charge in [0.1, 0.15) is 5.56 Å². The highest BCUT2D eigenvalue weighted by atomic mass is 35.5. The Bertz CT molecular complexity index is 1040. The fraction of sp³-hybridized carbons (Fsp3) is 0.188. The maximum Gasteiger partial charge on any atom is 0.435 e. The van der Waals surface area contributed by atoms with Crippen LogP contribution in [-0.4, -0.2) is 44.9 Å². The zero-order valence-corrected chi connectivity index (χ0v) is 15.1. The van der Waals surface area contributed by atoms with Crippen LogP contribution in [0.15, 0.2) is 30.7 Å². The van der Waals surface area contributed by atoms with Crippen LogP contribution in [0.25, 0.3) is 16.9 Å². The minimum absolute atomic E-state index is 0.0137. The summed E-state index contributed by atoms with van der Waals surface area (Å²) in [6, 6.07) is 2.19. The Morgan fingerprint density at radius 1 is 1.21 bits per heavy atom. The fourth-order valence-electron chi connectivity index (χ4n) is 2.34. The van der Waals surface area contributed by atoms with Crippen LogP contribution in [0.5, 0.6) is 5.88 Å². The molecule has 0 aromatic carbocycles. The molecule has 146 valence electrons. The van der Waals surface area contributed by atoms with Crippen molar-refractivity contribution >= 4 is 17.6 Å². The van der Waals surface area contributed by atoms with E-state index < -0.39 is 17.8 Å². The lowest BCUT2D eigenvalue weighted by molar-refractivity contribution is -0.141. The molecule has 0 saturated heterocycles. The number of esters is 1. The molecule has 0 bridgehead atoms. The lowest BCUT2D eigenvalue weighted by Crippen LogP contribution is -2.09. The van der Waals surface area contributed by atoms with E-state index in [-0.39, 0.29) is 28.1 Å². The van der Waals surface area contributed by atoms with Crippen molar-refractivity contribution in [1.82, 2.24) is 24.7 Å². The number of hydrogen-bond acceptors (Lipinski definition) is 7. The Morgan fingerprint density at radius 3 is 2.57 bits per heavy atom. The Hall–Kier alpha value is -3.21. The maximum absolute atomic E-state index is 12.9. The molecule has 3 aromatic heterocycles. The molecule has 0 saturated carbocycles. The Morgan fingerprint density at radius 2 is 1.96 bits per heavy atom. The van der Waals surface area contributed by atoms with Gasteiger partial charge in [-0.15, -0.1) is 0 Å². The van der Waals surface area contributed by atoms with Crippen LogP contribution >= 0.6 is 11.6 Å². The largest absolute Gasteiger partial charge is 0.480 e. The summed E-state index contributed by atoms with van der Waals surface area (Å²) in [5, 5.41) is 3.30. The van der Waals surface area contributed by atoms with Crippen LogP contribution in [0, 0.1) is 0 Å². The van der Waals surface area contributed by atoms with Gasteiger partial charge in [0.15, 0.2) is 11.5 Å². The number of nitrogens with zero attached hydrogens (tertiary/aromatic N) is 5. The van der Waals surface area contributed by atoms with Crippen molar-refractivity contribution in [3.8, 4) is 22.8 Å². The zero-order chi connectivity index (χ0) is 20.5. The summed E-state index contributed by atoms with van der Waals surface area (Å²) in [4.78, 5) is 23.8. The second kappa shape index (κ2) is 7.43. The van der Waals surface area contributed by atoms with E-state index in [4.69, 9.17) is 21.1 Å². The van der Waals surface area contributed by atoms with Gasteiger partial charge in [-0.25, -0.2) is 19.4 Å². The van der Waals surface area contributed by atoms with Crippen LogP contribution in [0.3, 0.4) is 0 Å². The van der Waals surface area contributed by atoms with Crippen LogP contribution in [0.4, 0.5) is 13.2 Å². The van der Waals surface area contributed by atoms with Crippen molar-refractivity contribution in [2.75, 3.05) is 14.2 Å². The molecule has 0 spiro atoms. The predicted molar refractivity (Wildman–Crippen MR) is 90.3 cm³/mol. The van der Waals surface area contributed by atoms with Gasteiger partial charge in [0.05, 0.1) is 14.2 Å². The second-order valence-electron chi connectivity index (χ2n) is 5.29. The molecule has 0 aliphatic rings. The van der Waals surface area contributed by atoms with Gasteiger partial charge in [0, 0.05) is 29.7 Å². The van der Waals surface area contributed by atoms with Gasteiger partial charge in [0.25, 0.3) is 0 Å². The summed E-state index contributed by atoms with van der Waals surface area (Å²) in [6.45, 7) is 0. The molecule has 0 aliphatic carbocycles. The van der Waals surface area contributed by atoms with E-state index in [0.717, 1.165) is 16.9 Å². The first kappa shape index (κ1) is 19.5. The molecule has 3 rings (SSSR count). The summed E-state index contributed by atoms with van der Waals surface area (Å²) in [5.41, 5.74) is -0.533. The van der Waals surface area contributed by atoms with Crippen molar-refractivity contribution in [3.63, 3.8) is 0 Å². The Labute approximate surface area is 160 Å². The van der Waals surface area contributed by atoms with Crippen LogP contribution in [-0.2, 0) is 10.9 Å². The lowest BCUT2D eigenvalue weighted by Gasteiger charge is -2.11. The van der Waals surface area contributed by atoms with Crippen molar-refractivity contribution in [1.29, 1.82) is 0 Å². The molecule has 0 fully saturated rings. The van der Waals surface area contributed by atoms with Gasteiger partial charge < -0.3 is 9.47 Å². The number of methoxy groups -OCH3 is 2. The maximum atomic E-state index is 12.9. The van der Waals surface area contributed by atoms with E-state index in [1.165, 1.54) is 32.7 Å². The van der Waals surface area contributed by atoms with Gasteiger partial charge in [-0.2, -0.15) is 23.3 Å². The third-order valence-corrected chi connectivity index (χ3v) is 3.78. The van der Waals surface area contributed by atoms with E-state index in [1.807, 2.05) is 0 Å². The number of halogens is 4. The van der Waals surface area contributed by atoms with E-state index >= 15 is 0 Å². The molecule has 0 unspecified atom stereocenters. The number of carbonyl (C=O) groups is 1. The molecule has 0 aliphatic heterocycles. The minimum atomic E-state index is -4.62. The quantitative estimate of drug-likeness (QED) is 0.479. The van der Waals surface area contributed by atoms with E-state index in [0.29, 0.717) is 5.56 Å². The smallest absolute Gasteiger partial charge is 0.435 e. The molecule has 0 N–H and O–H groups in total. The number of rotatable bonds is 4. The minimum Gasteiger partial charge on any atom is -0.480 e. The van der Waals surface area contributed by atoms with Crippen molar-refractivity contribution in [3.05, 3.63) is 47.3 Å². The number of carbonyl (C=O) groups excluding carboxylic acids is 1. The van der Waals surface area contributed by atoms with Gasteiger partial charge in [-0.3, -0.25) is 0 Å². The Balaban J connectivity index is 2.16. The SMILES string of the molecule is COC(=O)c1cc(-c2cnc(Cl)nc2-n2ccc(C(F)(F)F)n2)cnc1OC. The topological polar surface area (TPSA) is 92.0 Å². The van der Waals surface area contributed by atoms with Crippen molar-refractivity contribution < 1.29 is 27.4 Å². The summed E-state index contributed by atoms with van der Waals surface area (Å²) >= 11 is 5.81. The van der Waals surface area contributed by atoms with Crippen LogP contribution < -0.4 is 4.74 Å². The van der Waals surface area contributed by atoms with E-state index in [2.05, 4.69) is 20.1 Å². The van der Waals surface area contributed by atoms with Crippen molar-refractivity contribution in [2.24, 2.45) is 0 Å². The van der Waals surface area contributed by atoms with Gasteiger partial charge in [-0.1, -0.05) is 0 Å². The first-order valence-corrected chi connectivity index (χ1v) is 7.91. The first-order chi connectivity index (χ1) is 13.2. The van der Waals surface area contributed by atoms with E-state index in [1.54, 1.807) is 0 Å². The first-order valence-electron chi connectivity index (χ1n) is 7.53. The molecule has 28 heavy (non-hydrogen) atoms. The highest BCUT2D eigenvalue weighted by Crippen LogP contribution is 2.31. The summed E-state index contributed by atoms with van der Waals surface area (Å²) < 4.78 is 49.2. The molecule has 3 aromatic rings. The molecule has 0 atom stereocenters.